The number of halogens is 1. The van der Waals surface area contributed by atoms with E-state index in [4.69, 9.17) is 0 Å². The van der Waals surface area contributed by atoms with Crippen LogP contribution >= 0.6 is 22.6 Å². The highest BCUT2D eigenvalue weighted by Gasteiger charge is 2.26. The fourth-order valence-corrected chi connectivity index (χ4v) is 3.31. The van der Waals surface area contributed by atoms with E-state index in [1.54, 1.807) is 0 Å². The molecule has 17 heavy (non-hydrogen) atoms. The van der Waals surface area contributed by atoms with Gasteiger partial charge < -0.3 is 0 Å². The molecule has 2 nitrogen and oxygen atoms in total. The molecule has 1 aromatic carbocycles. The van der Waals surface area contributed by atoms with Crippen molar-refractivity contribution in [2.75, 3.05) is 0 Å². The Morgan fingerprint density at radius 1 is 1.29 bits per heavy atom. The number of aryl methyl sites for hydroxylation is 1. The molecule has 0 amide bonds. The molecule has 0 spiro atoms. The molecule has 2 atom stereocenters. The maximum absolute atomic E-state index is 11.7. The van der Waals surface area contributed by atoms with Crippen LogP contribution in [0, 0.1) is 17.2 Å². The number of Topliss-reactive ketones (excluding diaryl/α,β-unsaturated/α-hetero) is 1. The minimum Gasteiger partial charge on any atom is -0.300 e. The van der Waals surface area contributed by atoms with E-state index in [2.05, 4.69) is 40.8 Å². The normalized spacial score (nSPS) is 25.1. The van der Waals surface area contributed by atoms with Gasteiger partial charge in [0.05, 0.1) is 15.9 Å². The number of hydrogen-bond donors (Lipinski definition) is 0. The van der Waals surface area contributed by atoms with Crippen molar-refractivity contribution >= 4 is 28.4 Å². The van der Waals surface area contributed by atoms with Gasteiger partial charge in [0.25, 0.3) is 0 Å². The molecule has 0 radical (unpaired) electrons. The van der Waals surface area contributed by atoms with Crippen molar-refractivity contribution in [2.24, 2.45) is 5.92 Å². The molecule has 0 aliphatic heterocycles. The first-order valence-electron chi connectivity index (χ1n) is 5.85. The third kappa shape index (κ3) is 2.86. The highest BCUT2D eigenvalue weighted by molar-refractivity contribution is 14.1. The second kappa shape index (κ2) is 5.63. The van der Waals surface area contributed by atoms with Crippen LogP contribution < -0.4 is 0 Å². The number of benzene rings is 1. The van der Waals surface area contributed by atoms with Crippen LogP contribution in [0.5, 0.6) is 0 Å². The summed E-state index contributed by atoms with van der Waals surface area (Å²) in [5.41, 5.74) is 2.52. The van der Waals surface area contributed by atoms with Crippen LogP contribution in [-0.2, 0) is 11.2 Å². The molecular formula is C14H14INO. The Hall–Kier alpha value is -0.890. The summed E-state index contributed by atoms with van der Waals surface area (Å²) in [4.78, 5) is 11.7. The lowest BCUT2D eigenvalue weighted by atomic mass is 9.93. The monoisotopic (exact) mass is 339 g/mol. The predicted molar refractivity (Wildman–Crippen MR) is 74.9 cm³/mol. The molecule has 0 saturated carbocycles. The molecule has 3 heteroatoms. The molecule has 88 valence electrons. The van der Waals surface area contributed by atoms with Crippen molar-refractivity contribution in [3.8, 4) is 6.07 Å². The smallest absolute Gasteiger partial charge is 0.134 e. The minimum atomic E-state index is -0.192. The van der Waals surface area contributed by atoms with Crippen molar-refractivity contribution in [3.05, 3.63) is 35.4 Å². The average Bonchev–Trinajstić information content (AvgIpc) is 2.40. The number of nitrogens with zero attached hydrogens (tertiary/aromatic N) is 1. The number of nitriles is 1. The van der Waals surface area contributed by atoms with Crippen LogP contribution in [0.15, 0.2) is 24.3 Å². The molecule has 0 saturated heterocycles. The van der Waals surface area contributed by atoms with Gasteiger partial charge in [0.2, 0.25) is 0 Å². The van der Waals surface area contributed by atoms with E-state index in [-0.39, 0.29) is 15.6 Å². The van der Waals surface area contributed by atoms with Gasteiger partial charge in [0.15, 0.2) is 0 Å². The number of fused-ring (bicyclic) bond motifs is 1. The first kappa shape index (κ1) is 12.6. The SMILES string of the molecule is N#C[C@H]1CC(=O)CCCc2ccccc2[C@H]1I. The van der Waals surface area contributed by atoms with E-state index in [9.17, 15) is 10.1 Å². The van der Waals surface area contributed by atoms with E-state index in [1.807, 2.05) is 12.1 Å². The molecule has 0 fully saturated rings. The van der Waals surface area contributed by atoms with Crippen LogP contribution in [0.1, 0.15) is 34.3 Å². The molecule has 1 aromatic rings. The number of ketones is 1. The van der Waals surface area contributed by atoms with Crippen molar-refractivity contribution in [3.63, 3.8) is 0 Å². The van der Waals surface area contributed by atoms with Crippen molar-refractivity contribution in [1.29, 1.82) is 5.26 Å². The van der Waals surface area contributed by atoms with E-state index in [1.165, 1.54) is 11.1 Å². The molecule has 0 unspecified atom stereocenters. The third-order valence-electron chi connectivity index (χ3n) is 3.22. The first-order chi connectivity index (χ1) is 8.22. The fraction of sp³-hybridized carbons (Fsp3) is 0.429. The van der Waals surface area contributed by atoms with Gasteiger partial charge in [-0.2, -0.15) is 5.26 Å². The second-order valence-corrected chi connectivity index (χ2v) is 5.77. The maximum atomic E-state index is 11.7. The van der Waals surface area contributed by atoms with Gasteiger partial charge in [-0.1, -0.05) is 46.9 Å². The topological polar surface area (TPSA) is 40.9 Å². The van der Waals surface area contributed by atoms with E-state index < -0.39 is 0 Å². The Kier molecular flexibility index (Phi) is 4.16. The zero-order chi connectivity index (χ0) is 12.3. The van der Waals surface area contributed by atoms with Gasteiger partial charge in [0.1, 0.15) is 5.78 Å². The van der Waals surface area contributed by atoms with Crippen LogP contribution in [-0.4, -0.2) is 5.78 Å². The Balaban J connectivity index is 2.39. The summed E-state index contributed by atoms with van der Waals surface area (Å²) in [5.74, 6) is 0.0355. The summed E-state index contributed by atoms with van der Waals surface area (Å²) in [7, 11) is 0. The van der Waals surface area contributed by atoms with Crippen LogP contribution in [0.3, 0.4) is 0 Å². The van der Waals surface area contributed by atoms with Crippen LogP contribution in [0.25, 0.3) is 0 Å². The lowest BCUT2D eigenvalue weighted by Gasteiger charge is -2.17. The largest absolute Gasteiger partial charge is 0.300 e. The Bertz CT molecular complexity index is 464. The highest BCUT2D eigenvalue weighted by Crippen LogP contribution is 2.37. The van der Waals surface area contributed by atoms with Crippen LogP contribution in [0.2, 0.25) is 0 Å². The zero-order valence-corrected chi connectivity index (χ0v) is 11.7. The summed E-state index contributed by atoms with van der Waals surface area (Å²) in [6, 6.07) is 10.5. The fourth-order valence-electron chi connectivity index (χ4n) is 2.29. The summed E-state index contributed by atoms with van der Waals surface area (Å²) >= 11 is 2.30. The van der Waals surface area contributed by atoms with Crippen LogP contribution in [0.4, 0.5) is 0 Å². The van der Waals surface area contributed by atoms with E-state index in [0.29, 0.717) is 12.8 Å². The Labute approximate surface area is 115 Å². The van der Waals surface area contributed by atoms with Crippen molar-refractivity contribution in [2.45, 2.75) is 29.6 Å². The molecular weight excluding hydrogens is 325 g/mol. The van der Waals surface area contributed by atoms with Gasteiger partial charge in [-0.3, -0.25) is 4.79 Å². The quantitative estimate of drug-likeness (QED) is 0.535. The molecule has 1 aliphatic rings. The van der Waals surface area contributed by atoms with E-state index >= 15 is 0 Å². The predicted octanol–water partition coefficient (Wildman–Crippen LogP) is 3.60. The third-order valence-corrected chi connectivity index (χ3v) is 4.76. The Morgan fingerprint density at radius 2 is 2.06 bits per heavy atom. The molecule has 2 rings (SSSR count). The summed E-state index contributed by atoms with van der Waals surface area (Å²) < 4.78 is 0.121. The number of rotatable bonds is 0. The molecule has 1 aliphatic carbocycles. The number of alkyl halides is 1. The van der Waals surface area contributed by atoms with Crippen molar-refractivity contribution < 1.29 is 4.79 Å². The van der Waals surface area contributed by atoms with Gasteiger partial charge in [-0.15, -0.1) is 0 Å². The van der Waals surface area contributed by atoms with Crippen molar-refractivity contribution in [1.82, 2.24) is 0 Å². The minimum absolute atomic E-state index is 0.121. The van der Waals surface area contributed by atoms with Gasteiger partial charge in [-0.25, -0.2) is 0 Å². The lowest BCUT2D eigenvalue weighted by molar-refractivity contribution is -0.119. The maximum Gasteiger partial charge on any atom is 0.134 e. The van der Waals surface area contributed by atoms with Gasteiger partial charge >= 0.3 is 0 Å². The second-order valence-electron chi connectivity index (χ2n) is 4.43. The molecule has 0 bridgehead atoms. The number of carbonyl (C=O) groups is 1. The Morgan fingerprint density at radius 3 is 2.82 bits per heavy atom. The van der Waals surface area contributed by atoms with Gasteiger partial charge in [-0.05, 0) is 24.0 Å². The lowest BCUT2D eigenvalue weighted by Crippen LogP contribution is -2.11. The van der Waals surface area contributed by atoms with Gasteiger partial charge in [0, 0.05) is 12.8 Å². The molecule has 0 N–H and O–H groups in total. The summed E-state index contributed by atoms with van der Waals surface area (Å²) in [6.45, 7) is 0. The summed E-state index contributed by atoms with van der Waals surface area (Å²) in [6.07, 6.45) is 2.85. The molecule has 0 aromatic heterocycles. The number of hydrogen-bond acceptors (Lipinski definition) is 2. The zero-order valence-electron chi connectivity index (χ0n) is 9.53. The standard InChI is InChI=1S/C14H14INO/c15-14-11(9-16)8-12(17)6-3-5-10-4-1-2-7-13(10)14/h1-2,4,7,11,14H,3,5-6,8H2/t11-,14+/m1/s1. The van der Waals surface area contributed by atoms with E-state index in [0.717, 1.165) is 12.8 Å². The first-order valence-corrected chi connectivity index (χ1v) is 7.10. The molecule has 0 heterocycles. The highest BCUT2D eigenvalue weighted by atomic mass is 127. The summed E-state index contributed by atoms with van der Waals surface area (Å²) in [5, 5.41) is 9.21. The average molecular weight is 339 g/mol. The number of carbonyl (C=O) groups excluding carboxylic acids is 1.